The second-order valence-electron chi connectivity index (χ2n) is 4.55. The number of carbonyl (C=O) groups excluding carboxylic acids is 2. The van der Waals surface area contributed by atoms with Gasteiger partial charge < -0.3 is 26.6 Å². The molecule has 0 aliphatic carbocycles. The van der Waals surface area contributed by atoms with Crippen molar-refractivity contribution in [2.45, 2.75) is 0 Å². The summed E-state index contributed by atoms with van der Waals surface area (Å²) in [5.74, 6) is -0.194. The minimum atomic E-state index is -0.0968. The minimum Gasteiger partial charge on any atom is -0.354 e. The Labute approximate surface area is 119 Å². The summed E-state index contributed by atoms with van der Waals surface area (Å²) in [5, 5.41) is 18.1. The van der Waals surface area contributed by atoms with Gasteiger partial charge in [0.15, 0.2) is 0 Å². The van der Waals surface area contributed by atoms with E-state index < -0.39 is 0 Å². The largest absolute Gasteiger partial charge is 0.354 e. The highest BCUT2D eigenvalue weighted by Gasteiger charge is 2.03. The number of amides is 2. The van der Waals surface area contributed by atoms with Gasteiger partial charge in [0.25, 0.3) is 0 Å². The summed E-state index contributed by atoms with van der Waals surface area (Å²) in [5.41, 5.74) is 0. The van der Waals surface area contributed by atoms with Crippen LogP contribution >= 0.6 is 0 Å². The lowest BCUT2D eigenvalue weighted by Gasteiger charge is -2.11. The van der Waals surface area contributed by atoms with Crippen LogP contribution in [0.4, 0.5) is 0 Å². The molecule has 0 aromatic carbocycles. The Morgan fingerprint density at radius 3 is 1.25 bits per heavy atom. The van der Waals surface area contributed by atoms with Crippen LogP contribution in [0.3, 0.4) is 0 Å². The Morgan fingerprint density at radius 2 is 0.850 bits per heavy atom. The number of rotatable bonds is 0. The molecule has 0 bridgehead atoms. The van der Waals surface area contributed by atoms with Gasteiger partial charge in [-0.15, -0.1) is 0 Å². The molecule has 1 saturated heterocycles. The molecular formula is C12H26N6O2. The standard InChI is InChI=1S/C12H26N6O2/c19-11-9-16-10-12(20)18-8-6-15-4-2-13-1-3-14-5-7-17-11/h13-16H,1-10H2,(H,17,19)(H,18,20). The molecule has 0 saturated carbocycles. The van der Waals surface area contributed by atoms with E-state index in [9.17, 15) is 9.59 Å². The molecule has 0 aromatic heterocycles. The molecule has 0 spiro atoms. The SMILES string of the molecule is O=C1CNCC(=O)NCCNCCNCCNCCN1. The van der Waals surface area contributed by atoms with E-state index in [0.717, 1.165) is 39.3 Å². The van der Waals surface area contributed by atoms with Crippen LogP contribution in [0.25, 0.3) is 0 Å². The monoisotopic (exact) mass is 286 g/mol. The normalized spacial score (nSPS) is 22.2. The molecule has 8 nitrogen and oxygen atoms in total. The van der Waals surface area contributed by atoms with Crippen molar-refractivity contribution in [3.05, 3.63) is 0 Å². The summed E-state index contributed by atoms with van der Waals surface area (Å²) >= 11 is 0. The number of hydrogen-bond donors (Lipinski definition) is 6. The van der Waals surface area contributed by atoms with E-state index >= 15 is 0 Å². The molecule has 6 N–H and O–H groups in total. The highest BCUT2D eigenvalue weighted by atomic mass is 16.2. The maximum absolute atomic E-state index is 11.4. The van der Waals surface area contributed by atoms with Crippen molar-refractivity contribution in [2.75, 3.05) is 65.4 Å². The van der Waals surface area contributed by atoms with Crippen LogP contribution in [0.1, 0.15) is 0 Å². The second kappa shape index (κ2) is 11.6. The second-order valence-corrected chi connectivity index (χ2v) is 4.55. The van der Waals surface area contributed by atoms with Crippen LogP contribution in [0.15, 0.2) is 0 Å². The lowest BCUT2D eigenvalue weighted by molar-refractivity contribution is -0.121. The van der Waals surface area contributed by atoms with E-state index in [-0.39, 0.29) is 24.9 Å². The highest BCUT2D eigenvalue weighted by molar-refractivity contribution is 5.81. The third-order valence-electron chi connectivity index (χ3n) is 2.78. The zero-order valence-electron chi connectivity index (χ0n) is 11.9. The van der Waals surface area contributed by atoms with Gasteiger partial charge in [0.05, 0.1) is 13.1 Å². The summed E-state index contributed by atoms with van der Waals surface area (Å²) in [6.07, 6.45) is 0. The molecule has 20 heavy (non-hydrogen) atoms. The Hall–Kier alpha value is -1.22. The molecule has 8 heteroatoms. The minimum absolute atomic E-state index is 0.0968. The molecule has 2 amide bonds. The van der Waals surface area contributed by atoms with Crippen LogP contribution in [0, 0.1) is 0 Å². The van der Waals surface area contributed by atoms with Crippen molar-refractivity contribution in [3.63, 3.8) is 0 Å². The highest BCUT2D eigenvalue weighted by Crippen LogP contribution is 1.69. The summed E-state index contributed by atoms with van der Waals surface area (Å²) in [4.78, 5) is 22.9. The van der Waals surface area contributed by atoms with Crippen LogP contribution in [0.2, 0.25) is 0 Å². The third kappa shape index (κ3) is 9.68. The number of carbonyl (C=O) groups is 2. The van der Waals surface area contributed by atoms with Crippen LogP contribution in [-0.2, 0) is 9.59 Å². The van der Waals surface area contributed by atoms with E-state index in [4.69, 9.17) is 0 Å². The Balaban J connectivity index is 2.20. The van der Waals surface area contributed by atoms with E-state index in [1.165, 1.54) is 0 Å². The molecule has 1 fully saturated rings. The van der Waals surface area contributed by atoms with Gasteiger partial charge in [-0.25, -0.2) is 0 Å². The molecule has 0 aromatic rings. The summed E-state index contributed by atoms with van der Waals surface area (Å²) < 4.78 is 0. The zero-order valence-corrected chi connectivity index (χ0v) is 11.9. The van der Waals surface area contributed by atoms with E-state index in [1.807, 2.05) is 0 Å². The van der Waals surface area contributed by atoms with Gasteiger partial charge in [-0.2, -0.15) is 0 Å². The predicted molar refractivity (Wildman–Crippen MR) is 77.5 cm³/mol. The lowest BCUT2D eigenvalue weighted by Crippen LogP contribution is -2.43. The zero-order chi connectivity index (χ0) is 14.5. The van der Waals surface area contributed by atoms with Crippen molar-refractivity contribution in [1.29, 1.82) is 0 Å². The van der Waals surface area contributed by atoms with Gasteiger partial charge in [0.1, 0.15) is 0 Å². The van der Waals surface area contributed by atoms with Crippen molar-refractivity contribution in [3.8, 4) is 0 Å². The van der Waals surface area contributed by atoms with Crippen molar-refractivity contribution < 1.29 is 9.59 Å². The lowest BCUT2D eigenvalue weighted by atomic mass is 10.4. The van der Waals surface area contributed by atoms with Crippen molar-refractivity contribution in [2.24, 2.45) is 0 Å². The first-order valence-electron chi connectivity index (χ1n) is 7.15. The number of nitrogens with one attached hydrogen (secondary N) is 6. The number of hydrogen-bond acceptors (Lipinski definition) is 6. The molecule has 1 aliphatic rings. The molecule has 0 atom stereocenters. The molecule has 1 aliphatic heterocycles. The molecule has 1 rings (SSSR count). The van der Waals surface area contributed by atoms with Crippen LogP contribution in [0.5, 0.6) is 0 Å². The third-order valence-corrected chi connectivity index (χ3v) is 2.78. The van der Waals surface area contributed by atoms with E-state index in [1.54, 1.807) is 0 Å². The first-order valence-corrected chi connectivity index (χ1v) is 7.15. The van der Waals surface area contributed by atoms with Gasteiger partial charge in [-0.1, -0.05) is 0 Å². The van der Waals surface area contributed by atoms with Crippen molar-refractivity contribution in [1.82, 2.24) is 31.9 Å². The fourth-order valence-corrected chi connectivity index (χ4v) is 1.72. The molecule has 116 valence electrons. The van der Waals surface area contributed by atoms with Gasteiger partial charge >= 0.3 is 0 Å². The quantitative estimate of drug-likeness (QED) is 0.277. The summed E-state index contributed by atoms with van der Waals surface area (Å²) in [6.45, 7) is 6.54. The average molecular weight is 286 g/mol. The van der Waals surface area contributed by atoms with Crippen LogP contribution in [-0.4, -0.2) is 77.3 Å². The maximum Gasteiger partial charge on any atom is 0.234 e. The van der Waals surface area contributed by atoms with Gasteiger partial charge in [0.2, 0.25) is 11.8 Å². The molecular weight excluding hydrogens is 260 g/mol. The van der Waals surface area contributed by atoms with Gasteiger partial charge in [-0.05, 0) is 0 Å². The molecule has 0 unspecified atom stereocenters. The first kappa shape index (κ1) is 16.8. The van der Waals surface area contributed by atoms with Crippen LogP contribution < -0.4 is 31.9 Å². The topological polar surface area (TPSA) is 106 Å². The fraction of sp³-hybridized carbons (Fsp3) is 0.833. The first-order chi connectivity index (χ1) is 9.79. The van der Waals surface area contributed by atoms with Gasteiger partial charge in [-0.3, -0.25) is 14.9 Å². The Kier molecular flexibility index (Phi) is 9.76. The molecule has 0 radical (unpaired) electrons. The van der Waals surface area contributed by atoms with E-state index in [2.05, 4.69) is 31.9 Å². The smallest absolute Gasteiger partial charge is 0.234 e. The predicted octanol–water partition coefficient (Wildman–Crippen LogP) is -3.41. The summed E-state index contributed by atoms with van der Waals surface area (Å²) in [7, 11) is 0. The summed E-state index contributed by atoms with van der Waals surface area (Å²) in [6, 6.07) is 0. The maximum atomic E-state index is 11.4. The molecule has 1 heterocycles. The fourth-order valence-electron chi connectivity index (χ4n) is 1.72. The van der Waals surface area contributed by atoms with Crippen molar-refractivity contribution >= 4 is 11.8 Å². The average Bonchev–Trinajstić information content (AvgIpc) is 2.43. The Morgan fingerprint density at radius 1 is 0.500 bits per heavy atom. The Bertz CT molecular complexity index is 261. The van der Waals surface area contributed by atoms with Gasteiger partial charge in [0, 0.05) is 52.4 Å². The van der Waals surface area contributed by atoms with E-state index in [0.29, 0.717) is 13.1 Å².